The number of halogens is 1. The molecule has 0 radical (unpaired) electrons. The summed E-state index contributed by atoms with van der Waals surface area (Å²) in [5.74, 6) is 2.58. The molecular weight excluding hydrogens is 445 g/mol. The predicted octanol–water partition coefficient (Wildman–Crippen LogP) is 2.80. The maximum Gasteiger partial charge on any atom is 0.231 e. The molecular formula is C19H28IN3O3. The summed E-state index contributed by atoms with van der Waals surface area (Å²) < 4.78 is 16.6. The SMILES string of the molecule is CCNC(=NCC1(c2ccc3c(c2)OCO3)CC1)NCC1CCCO1.I. The van der Waals surface area contributed by atoms with Crippen molar-refractivity contribution >= 4 is 29.9 Å². The molecule has 2 fully saturated rings. The Bertz CT molecular complexity index is 643. The zero-order chi connectivity index (χ0) is 17.1. The zero-order valence-electron chi connectivity index (χ0n) is 15.3. The van der Waals surface area contributed by atoms with Gasteiger partial charge < -0.3 is 24.8 Å². The molecule has 2 aliphatic heterocycles. The summed E-state index contributed by atoms with van der Waals surface area (Å²) in [6.07, 6.45) is 4.94. The van der Waals surface area contributed by atoms with E-state index in [0.29, 0.717) is 12.9 Å². The van der Waals surface area contributed by atoms with E-state index < -0.39 is 0 Å². The Morgan fingerprint density at radius 1 is 1.23 bits per heavy atom. The number of rotatable bonds is 6. The topological polar surface area (TPSA) is 64.1 Å². The van der Waals surface area contributed by atoms with Gasteiger partial charge in [-0.15, -0.1) is 24.0 Å². The number of nitrogens with one attached hydrogen (secondary N) is 2. The molecule has 1 aliphatic carbocycles. The molecule has 1 aromatic carbocycles. The van der Waals surface area contributed by atoms with Gasteiger partial charge in [-0.2, -0.15) is 0 Å². The van der Waals surface area contributed by atoms with Crippen molar-refractivity contribution in [3.05, 3.63) is 23.8 Å². The summed E-state index contributed by atoms with van der Waals surface area (Å²) in [6, 6.07) is 6.29. The van der Waals surface area contributed by atoms with Gasteiger partial charge in [0.05, 0.1) is 12.6 Å². The van der Waals surface area contributed by atoms with E-state index in [0.717, 1.165) is 56.5 Å². The minimum absolute atomic E-state index is 0. The highest BCUT2D eigenvalue weighted by Gasteiger charge is 2.44. The molecule has 7 heteroatoms. The first-order valence-corrected chi connectivity index (χ1v) is 9.33. The van der Waals surface area contributed by atoms with E-state index in [1.165, 1.54) is 18.4 Å². The number of nitrogens with zero attached hydrogens (tertiary/aromatic N) is 1. The zero-order valence-corrected chi connectivity index (χ0v) is 17.6. The second-order valence-electron chi connectivity index (χ2n) is 7.06. The molecule has 4 rings (SSSR count). The number of guanidine groups is 1. The van der Waals surface area contributed by atoms with Gasteiger partial charge in [0.2, 0.25) is 6.79 Å². The largest absolute Gasteiger partial charge is 0.454 e. The maximum absolute atomic E-state index is 5.68. The Morgan fingerprint density at radius 3 is 2.81 bits per heavy atom. The van der Waals surface area contributed by atoms with Crippen molar-refractivity contribution in [2.45, 2.75) is 44.1 Å². The van der Waals surface area contributed by atoms with Crippen molar-refractivity contribution in [3.8, 4) is 11.5 Å². The molecule has 1 aromatic rings. The van der Waals surface area contributed by atoms with Crippen LogP contribution in [0.4, 0.5) is 0 Å². The summed E-state index contributed by atoms with van der Waals surface area (Å²) in [5.41, 5.74) is 1.45. The van der Waals surface area contributed by atoms with E-state index in [2.05, 4.69) is 29.7 Å². The van der Waals surface area contributed by atoms with Crippen LogP contribution < -0.4 is 20.1 Å². The van der Waals surface area contributed by atoms with Crippen molar-refractivity contribution in [2.24, 2.45) is 4.99 Å². The average molecular weight is 473 g/mol. The van der Waals surface area contributed by atoms with Gasteiger partial charge in [-0.25, -0.2) is 0 Å². The van der Waals surface area contributed by atoms with Crippen LogP contribution in [0.3, 0.4) is 0 Å². The molecule has 1 unspecified atom stereocenters. The quantitative estimate of drug-likeness (QED) is 0.378. The highest BCUT2D eigenvalue weighted by atomic mass is 127. The lowest BCUT2D eigenvalue weighted by molar-refractivity contribution is 0.114. The minimum Gasteiger partial charge on any atom is -0.454 e. The van der Waals surface area contributed by atoms with Crippen LogP contribution in [0.5, 0.6) is 11.5 Å². The van der Waals surface area contributed by atoms with Gasteiger partial charge in [0.25, 0.3) is 0 Å². The second kappa shape index (κ2) is 8.65. The first kappa shape index (κ1) is 19.5. The molecule has 6 nitrogen and oxygen atoms in total. The maximum atomic E-state index is 5.68. The number of benzene rings is 1. The second-order valence-corrected chi connectivity index (χ2v) is 7.06. The fourth-order valence-corrected chi connectivity index (χ4v) is 3.50. The van der Waals surface area contributed by atoms with Crippen LogP contribution in [-0.2, 0) is 10.2 Å². The molecule has 0 aromatic heterocycles. The number of ether oxygens (including phenoxy) is 3. The summed E-state index contributed by atoms with van der Waals surface area (Å²) in [4.78, 5) is 4.85. The van der Waals surface area contributed by atoms with E-state index in [-0.39, 0.29) is 29.4 Å². The normalized spacial score (nSPS) is 22.7. The summed E-state index contributed by atoms with van der Waals surface area (Å²) in [6.45, 7) is 5.76. The summed E-state index contributed by atoms with van der Waals surface area (Å²) in [7, 11) is 0. The highest BCUT2D eigenvalue weighted by molar-refractivity contribution is 14.0. The lowest BCUT2D eigenvalue weighted by atomic mass is 9.96. The predicted molar refractivity (Wildman–Crippen MR) is 112 cm³/mol. The standard InChI is InChI=1S/C19H27N3O3.HI/c1-2-20-18(21-11-15-4-3-9-23-15)22-12-19(7-8-19)14-5-6-16-17(10-14)25-13-24-16;/h5-6,10,15H,2-4,7-9,11-13H2,1H3,(H2,20,21,22);1H. The highest BCUT2D eigenvalue weighted by Crippen LogP contribution is 2.50. The first-order chi connectivity index (χ1) is 12.3. The van der Waals surface area contributed by atoms with Crippen LogP contribution in [0.25, 0.3) is 0 Å². The van der Waals surface area contributed by atoms with Crippen LogP contribution in [-0.4, -0.2) is 45.1 Å². The Balaban J connectivity index is 0.00000196. The molecule has 0 spiro atoms. The van der Waals surface area contributed by atoms with Crippen LogP contribution in [0.15, 0.2) is 23.2 Å². The smallest absolute Gasteiger partial charge is 0.231 e. The van der Waals surface area contributed by atoms with E-state index in [1.807, 2.05) is 6.07 Å². The fraction of sp³-hybridized carbons (Fsp3) is 0.632. The first-order valence-electron chi connectivity index (χ1n) is 9.33. The van der Waals surface area contributed by atoms with Gasteiger partial charge in [-0.3, -0.25) is 4.99 Å². The van der Waals surface area contributed by atoms with Gasteiger partial charge >= 0.3 is 0 Å². The van der Waals surface area contributed by atoms with Crippen LogP contribution >= 0.6 is 24.0 Å². The van der Waals surface area contributed by atoms with Gasteiger partial charge in [0, 0.05) is 25.1 Å². The van der Waals surface area contributed by atoms with Gasteiger partial charge in [-0.05, 0) is 50.3 Å². The Hall–Kier alpha value is -1.22. The Labute approximate surface area is 172 Å². The molecule has 3 aliphatic rings. The van der Waals surface area contributed by atoms with Crippen LogP contribution in [0.2, 0.25) is 0 Å². The molecule has 144 valence electrons. The van der Waals surface area contributed by atoms with E-state index in [4.69, 9.17) is 19.2 Å². The monoisotopic (exact) mass is 473 g/mol. The summed E-state index contributed by atoms with van der Waals surface area (Å²) in [5, 5.41) is 6.76. The van der Waals surface area contributed by atoms with Crippen molar-refractivity contribution < 1.29 is 14.2 Å². The lowest BCUT2D eigenvalue weighted by Gasteiger charge is -2.17. The molecule has 2 heterocycles. The molecule has 0 bridgehead atoms. The van der Waals surface area contributed by atoms with Crippen LogP contribution in [0.1, 0.15) is 38.2 Å². The van der Waals surface area contributed by atoms with Crippen LogP contribution in [0, 0.1) is 0 Å². The van der Waals surface area contributed by atoms with Crippen molar-refractivity contribution in [1.82, 2.24) is 10.6 Å². The fourth-order valence-electron chi connectivity index (χ4n) is 3.50. The number of hydrogen-bond acceptors (Lipinski definition) is 4. The Morgan fingerprint density at radius 2 is 2.08 bits per heavy atom. The van der Waals surface area contributed by atoms with E-state index >= 15 is 0 Å². The third-order valence-corrected chi connectivity index (χ3v) is 5.24. The van der Waals surface area contributed by atoms with Gasteiger partial charge in [0.15, 0.2) is 17.5 Å². The van der Waals surface area contributed by atoms with Crippen molar-refractivity contribution in [1.29, 1.82) is 0 Å². The minimum atomic E-state index is 0. The molecule has 1 atom stereocenters. The van der Waals surface area contributed by atoms with Gasteiger partial charge in [0.1, 0.15) is 0 Å². The third kappa shape index (κ3) is 4.36. The van der Waals surface area contributed by atoms with Crippen molar-refractivity contribution in [2.75, 3.05) is 33.0 Å². The van der Waals surface area contributed by atoms with Gasteiger partial charge in [-0.1, -0.05) is 6.07 Å². The molecule has 1 saturated heterocycles. The van der Waals surface area contributed by atoms with E-state index in [9.17, 15) is 0 Å². The molecule has 1 saturated carbocycles. The molecule has 0 amide bonds. The molecule has 2 N–H and O–H groups in total. The molecule has 26 heavy (non-hydrogen) atoms. The number of hydrogen-bond donors (Lipinski definition) is 2. The third-order valence-electron chi connectivity index (χ3n) is 5.24. The van der Waals surface area contributed by atoms with Crippen molar-refractivity contribution in [3.63, 3.8) is 0 Å². The Kier molecular flexibility index (Phi) is 6.50. The average Bonchev–Trinajstić information content (AvgIpc) is 3.04. The number of aliphatic imine (C=N–C) groups is 1. The lowest BCUT2D eigenvalue weighted by Crippen LogP contribution is -2.41. The number of fused-ring (bicyclic) bond motifs is 1. The van der Waals surface area contributed by atoms with E-state index in [1.54, 1.807) is 0 Å². The summed E-state index contributed by atoms with van der Waals surface area (Å²) >= 11 is 0.